The van der Waals surface area contributed by atoms with Crippen molar-refractivity contribution in [2.45, 2.75) is 71.1 Å². The van der Waals surface area contributed by atoms with Crippen LogP contribution in [0.15, 0.2) is 11.0 Å². The van der Waals surface area contributed by atoms with Crippen molar-refractivity contribution in [3.63, 3.8) is 0 Å². The number of β-lactam (4-membered cyclic amide) rings is 1. The van der Waals surface area contributed by atoms with Crippen LogP contribution >= 0.6 is 19.4 Å². The van der Waals surface area contributed by atoms with Gasteiger partial charge >= 0.3 is 13.6 Å². The first-order chi connectivity index (χ1) is 12.1. The fourth-order valence-corrected chi connectivity index (χ4v) is 6.89. The maximum atomic E-state index is 14.0. The van der Waals surface area contributed by atoms with Crippen LogP contribution in [0.5, 0.6) is 0 Å². The Kier molecular flexibility index (Phi) is 6.25. The smallest absolute Gasteiger partial charge is 0.378 e. The van der Waals surface area contributed by atoms with Gasteiger partial charge in [0.05, 0.1) is 11.2 Å². The molecule has 0 unspecified atom stereocenters. The van der Waals surface area contributed by atoms with Crippen LogP contribution in [0.4, 0.5) is 0 Å². The summed E-state index contributed by atoms with van der Waals surface area (Å²) in [4.78, 5) is 25.2. The lowest BCUT2D eigenvalue weighted by Crippen LogP contribution is -2.67. The number of nitrogens with two attached hydrogens (primary N) is 1. The standard InChI is InChI=1S/C17H29N2O6PS/c1-10(20)23-8-11-9-27-15-12(18)13(21)19(15)14(11)26(22,24-16(2,3)4)25-17(5,6)7/h12,15H,8-9,18H2,1-7H3/t12-,15-/m1/s1. The summed E-state index contributed by atoms with van der Waals surface area (Å²) >= 11 is 1.44. The molecule has 2 heterocycles. The molecule has 1 amide bonds. The second kappa shape index (κ2) is 7.52. The van der Waals surface area contributed by atoms with Crippen LogP contribution in [0.2, 0.25) is 0 Å². The molecule has 0 aromatic heterocycles. The number of hydrogen-bond acceptors (Lipinski definition) is 8. The lowest BCUT2D eigenvalue weighted by atomic mass is 10.1. The van der Waals surface area contributed by atoms with E-state index in [0.717, 1.165) is 0 Å². The fraction of sp³-hybridized carbons (Fsp3) is 0.765. The predicted molar refractivity (Wildman–Crippen MR) is 104 cm³/mol. The highest BCUT2D eigenvalue weighted by atomic mass is 32.2. The van der Waals surface area contributed by atoms with Crippen molar-refractivity contribution in [1.82, 2.24) is 4.90 Å². The van der Waals surface area contributed by atoms with E-state index in [4.69, 9.17) is 19.5 Å². The lowest BCUT2D eigenvalue weighted by Gasteiger charge is -2.50. The van der Waals surface area contributed by atoms with Crippen molar-refractivity contribution in [3.05, 3.63) is 11.0 Å². The summed E-state index contributed by atoms with van der Waals surface area (Å²) in [6.45, 7) is 11.8. The Morgan fingerprint density at radius 1 is 1.22 bits per heavy atom. The first-order valence-corrected chi connectivity index (χ1v) is 11.3. The average molecular weight is 420 g/mol. The Morgan fingerprint density at radius 2 is 1.74 bits per heavy atom. The zero-order chi connectivity index (χ0) is 20.8. The molecule has 154 valence electrons. The Morgan fingerprint density at radius 3 is 2.19 bits per heavy atom. The van der Waals surface area contributed by atoms with E-state index in [-0.39, 0.29) is 23.3 Å². The molecular formula is C17H29N2O6PS. The maximum absolute atomic E-state index is 14.0. The van der Waals surface area contributed by atoms with E-state index < -0.39 is 30.8 Å². The Labute approximate surface area is 164 Å². The van der Waals surface area contributed by atoms with Crippen molar-refractivity contribution in [3.8, 4) is 0 Å². The summed E-state index contributed by atoms with van der Waals surface area (Å²) in [5, 5.41) is -0.339. The van der Waals surface area contributed by atoms with Crippen LogP contribution in [0.25, 0.3) is 0 Å². The van der Waals surface area contributed by atoms with E-state index in [0.29, 0.717) is 11.3 Å². The van der Waals surface area contributed by atoms with E-state index in [9.17, 15) is 14.2 Å². The van der Waals surface area contributed by atoms with Crippen LogP contribution in [0, 0.1) is 0 Å². The molecule has 1 fully saturated rings. The topological polar surface area (TPSA) is 108 Å². The predicted octanol–water partition coefficient (Wildman–Crippen LogP) is 2.83. The van der Waals surface area contributed by atoms with E-state index in [1.54, 1.807) is 41.5 Å². The normalized spacial score (nSPS) is 23.9. The number of nitrogens with zero attached hydrogens (tertiary/aromatic N) is 1. The summed E-state index contributed by atoms with van der Waals surface area (Å²) in [5.41, 5.74) is 5.01. The molecule has 0 bridgehead atoms. The van der Waals surface area contributed by atoms with Crippen LogP contribution in [0.1, 0.15) is 48.5 Å². The zero-order valence-electron chi connectivity index (χ0n) is 16.9. The first kappa shape index (κ1) is 22.4. The van der Waals surface area contributed by atoms with Gasteiger partial charge in [0.2, 0.25) is 5.91 Å². The number of hydrogen-bond donors (Lipinski definition) is 1. The van der Waals surface area contributed by atoms with Gasteiger partial charge in [-0.15, -0.1) is 11.8 Å². The number of thioether (sulfide) groups is 1. The summed E-state index contributed by atoms with van der Waals surface area (Å²) in [5.74, 6) is -0.405. The molecule has 0 aliphatic carbocycles. The third-order valence-electron chi connectivity index (χ3n) is 3.55. The van der Waals surface area contributed by atoms with Crippen LogP contribution in [-0.4, -0.2) is 51.8 Å². The van der Waals surface area contributed by atoms with E-state index in [2.05, 4.69) is 0 Å². The fourth-order valence-electron chi connectivity index (χ4n) is 2.76. The molecule has 2 N–H and O–H groups in total. The summed E-state index contributed by atoms with van der Waals surface area (Å²) in [6.07, 6.45) is 0. The SMILES string of the molecule is CC(=O)OCC1=C(P(=O)(OC(C)(C)C)OC(C)(C)C)N2C(=O)[C@@H](N)[C@H]2SC1. The quantitative estimate of drug-likeness (QED) is 0.411. The second-order valence-corrected chi connectivity index (χ2v) is 11.4. The molecule has 2 aliphatic heterocycles. The third-order valence-corrected chi connectivity index (χ3v) is 7.54. The summed E-state index contributed by atoms with van der Waals surface area (Å²) < 4.78 is 30.9. The number of rotatable bonds is 5. The highest BCUT2D eigenvalue weighted by Gasteiger charge is 2.56. The molecule has 10 heteroatoms. The molecule has 0 aromatic carbocycles. The van der Waals surface area contributed by atoms with Crippen LogP contribution in [-0.2, 0) is 27.9 Å². The van der Waals surface area contributed by atoms with E-state index in [1.165, 1.54) is 23.6 Å². The molecule has 1 saturated heterocycles. The molecule has 27 heavy (non-hydrogen) atoms. The first-order valence-electron chi connectivity index (χ1n) is 8.72. The number of carbonyl (C=O) groups is 2. The number of esters is 1. The molecule has 0 saturated carbocycles. The summed E-state index contributed by atoms with van der Waals surface area (Å²) in [7, 11) is -3.94. The van der Waals surface area contributed by atoms with Gasteiger partial charge in [-0.25, -0.2) is 0 Å². The Hall–Kier alpha value is -0.860. The van der Waals surface area contributed by atoms with Gasteiger partial charge in [-0.05, 0) is 41.5 Å². The second-order valence-electron chi connectivity index (χ2n) is 8.55. The molecule has 0 aromatic rings. The van der Waals surface area contributed by atoms with Crippen molar-refractivity contribution >= 4 is 31.2 Å². The van der Waals surface area contributed by atoms with Gasteiger partial charge in [-0.3, -0.25) is 28.1 Å². The van der Waals surface area contributed by atoms with Crippen molar-refractivity contribution < 1.29 is 27.9 Å². The highest BCUT2D eigenvalue weighted by molar-refractivity contribution is 8.00. The number of ether oxygens (including phenoxy) is 1. The van der Waals surface area contributed by atoms with Crippen molar-refractivity contribution in [1.29, 1.82) is 0 Å². The summed E-state index contributed by atoms with van der Waals surface area (Å²) in [6, 6.07) is -0.669. The maximum Gasteiger partial charge on any atom is 0.378 e. The third kappa shape index (κ3) is 5.15. The van der Waals surface area contributed by atoms with Gasteiger partial charge in [-0.2, -0.15) is 0 Å². The highest BCUT2D eigenvalue weighted by Crippen LogP contribution is 2.65. The average Bonchev–Trinajstić information content (AvgIpc) is 2.47. The zero-order valence-corrected chi connectivity index (χ0v) is 18.6. The van der Waals surface area contributed by atoms with Crippen molar-refractivity contribution in [2.75, 3.05) is 12.4 Å². The van der Waals surface area contributed by atoms with Gasteiger partial charge in [0, 0.05) is 18.2 Å². The van der Waals surface area contributed by atoms with Gasteiger partial charge in [0.1, 0.15) is 23.5 Å². The molecular weight excluding hydrogens is 391 g/mol. The van der Waals surface area contributed by atoms with E-state index >= 15 is 0 Å². The van der Waals surface area contributed by atoms with Gasteiger partial charge in [0.25, 0.3) is 0 Å². The number of fused-ring (bicyclic) bond motifs is 1. The minimum absolute atomic E-state index is 0.0889. The largest absolute Gasteiger partial charge is 0.461 e. The van der Waals surface area contributed by atoms with Crippen LogP contribution < -0.4 is 5.73 Å². The number of carbonyl (C=O) groups excluding carboxylic acids is 2. The van der Waals surface area contributed by atoms with Crippen molar-refractivity contribution in [2.24, 2.45) is 5.73 Å². The molecule has 0 spiro atoms. The van der Waals surface area contributed by atoms with Crippen LogP contribution in [0.3, 0.4) is 0 Å². The molecule has 0 radical (unpaired) electrons. The van der Waals surface area contributed by atoms with Gasteiger partial charge < -0.3 is 10.5 Å². The van der Waals surface area contributed by atoms with E-state index in [1.807, 2.05) is 0 Å². The minimum Gasteiger partial charge on any atom is -0.461 e. The van der Waals surface area contributed by atoms with Gasteiger partial charge in [0.15, 0.2) is 0 Å². The van der Waals surface area contributed by atoms with Gasteiger partial charge in [-0.1, -0.05) is 0 Å². The molecule has 2 atom stereocenters. The lowest BCUT2D eigenvalue weighted by molar-refractivity contribution is -0.141. The minimum atomic E-state index is -3.94. The Bertz CT molecular complexity index is 689. The monoisotopic (exact) mass is 420 g/mol. The Balaban J connectivity index is 2.57. The molecule has 8 nitrogen and oxygen atoms in total. The molecule has 2 rings (SSSR count). The molecule has 2 aliphatic rings. The number of amides is 1.